The molecule has 0 spiro atoms. The van der Waals surface area contributed by atoms with Crippen molar-refractivity contribution in [3.8, 4) is 0 Å². The molecule has 9 heteroatoms. The van der Waals surface area contributed by atoms with Crippen molar-refractivity contribution in [2.75, 3.05) is 26.1 Å². The van der Waals surface area contributed by atoms with Crippen molar-refractivity contribution in [3.05, 3.63) is 22.6 Å². The lowest BCUT2D eigenvalue weighted by Gasteiger charge is -2.34. The van der Waals surface area contributed by atoms with Crippen molar-refractivity contribution >= 4 is 17.0 Å². The van der Waals surface area contributed by atoms with Crippen LogP contribution >= 0.6 is 0 Å². The van der Waals surface area contributed by atoms with E-state index in [9.17, 15) is 9.90 Å². The molecule has 4 rings (SSSR count). The van der Waals surface area contributed by atoms with Crippen LogP contribution in [0.25, 0.3) is 11.0 Å². The highest BCUT2D eigenvalue weighted by Crippen LogP contribution is 2.45. The summed E-state index contributed by atoms with van der Waals surface area (Å²) in [4.78, 5) is 18.6. The summed E-state index contributed by atoms with van der Waals surface area (Å²) in [5.74, 6) is 0.0245. The van der Waals surface area contributed by atoms with Gasteiger partial charge in [0.05, 0.1) is 18.6 Å². The molecule has 0 aromatic carbocycles. The predicted octanol–water partition coefficient (Wildman–Crippen LogP) is -0.629. The van der Waals surface area contributed by atoms with E-state index in [0.717, 1.165) is 0 Å². The maximum absolute atomic E-state index is 12.0. The van der Waals surface area contributed by atoms with Gasteiger partial charge in [-0.2, -0.15) is 4.98 Å². The van der Waals surface area contributed by atoms with Gasteiger partial charge >= 0.3 is 0 Å². The van der Waals surface area contributed by atoms with Crippen LogP contribution in [0.1, 0.15) is 12.6 Å². The molecule has 23 heavy (non-hydrogen) atoms. The van der Waals surface area contributed by atoms with Gasteiger partial charge in [-0.05, 0) is 6.07 Å². The third-order valence-corrected chi connectivity index (χ3v) is 4.58. The van der Waals surface area contributed by atoms with Gasteiger partial charge in [0.1, 0.15) is 17.8 Å². The Balaban J connectivity index is 1.81. The van der Waals surface area contributed by atoms with E-state index in [4.69, 9.17) is 19.9 Å². The van der Waals surface area contributed by atoms with Crippen LogP contribution in [0, 0.1) is 0 Å². The number of aromatic amines is 1. The van der Waals surface area contributed by atoms with E-state index in [-0.39, 0.29) is 18.1 Å². The molecule has 9 nitrogen and oxygen atoms in total. The number of ether oxygens (including phenoxy) is 3. The highest BCUT2D eigenvalue weighted by molar-refractivity contribution is 5.76. The highest BCUT2D eigenvalue weighted by Gasteiger charge is 2.58. The van der Waals surface area contributed by atoms with Gasteiger partial charge in [0.15, 0.2) is 11.9 Å². The van der Waals surface area contributed by atoms with Crippen molar-refractivity contribution < 1.29 is 19.3 Å². The predicted molar refractivity (Wildman–Crippen MR) is 79.9 cm³/mol. The fourth-order valence-electron chi connectivity index (χ4n) is 3.50. The minimum atomic E-state index is -0.821. The molecule has 2 aliphatic rings. The van der Waals surface area contributed by atoms with Crippen molar-refractivity contribution in [1.29, 1.82) is 0 Å². The number of methoxy groups -OCH3 is 1. The smallest absolute Gasteiger partial charge is 0.261 e. The van der Waals surface area contributed by atoms with E-state index < -0.39 is 24.0 Å². The Morgan fingerprint density at radius 1 is 1.65 bits per heavy atom. The lowest BCUT2D eigenvalue weighted by Crippen LogP contribution is -2.51. The lowest BCUT2D eigenvalue weighted by atomic mass is 9.90. The Kier molecular flexibility index (Phi) is 3.20. The van der Waals surface area contributed by atoms with Crippen LogP contribution in [-0.4, -0.2) is 57.8 Å². The molecular formula is C14H18N4O5. The monoisotopic (exact) mass is 322 g/mol. The number of aliphatic hydroxyl groups is 1. The number of H-pyrrole nitrogens is 1. The van der Waals surface area contributed by atoms with Gasteiger partial charge in [0.2, 0.25) is 5.95 Å². The summed E-state index contributed by atoms with van der Waals surface area (Å²) < 4.78 is 18.7. The normalized spacial score (nSPS) is 33.4. The first kappa shape index (κ1) is 14.6. The third kappa shape index (κ3) is 2.01. The molecule has 4 N–H and O–H groups in total. The van der Waals surface area contributed by atoms with Crippen LogP contribution in [0.3, 0.4) is 0 Å². The fraction of sp³-hybridized carbons (Fsp3) is 0.571. The Labute approximate surface area is 131 Å². The van der Waals surface area contributed by atoms with E-state index in [1.165, 1.54) is 0 Å². The van der Waals surface area contributed by atoms with Gasteiger partial charge in [-0.15, -0.1) is 0 Å². The number of fused-ring (bicyclic) bond motifs is 3. The number of nitrogen functional groups attached to an aromatic ring is 1. The Bertz CT molecular complexity index is 798. The van der Waals surface area contributed by atoms with E-state index in [0.29, 0.717) is 24.1 Å². The molecule has 2 aromatic heterocycles. The van der Waals surface area contributed by atoms with E-state index in [1.807, 2.05) is 0 Å². The molecule has 0 amide bonds. The number of hydrogen-bond acceptors (Lipinski definition) is 7. The number of nitrogens with two attached hydrogens (primary N) is 1. The summed E-state index contributed by atoms with van der Waals surface area (Å²) in [6.45, 7) is 0.733. The first-order chi connectivity index (χ1) is 11.1. The number of anilines is 1. The first-order valence-corrected chi connectivity index (χ1v) is 7.38. The summed E-state index contributed by atoms with van der Waals surface area (Å²) >= 11 is 0. The Morgan fingerprint density at radius 2 is 2.48 bits per heavy atom. The standard InChI is InChI=1S/C14H18N4O5/c1-21-6-14-3-5-22-8(9(14)19)12(23-14)18-4-2-7-10(18)16-13(15)17-11(7)20/h2,4,8-9,12,19H,3,5-6H2,1H3,(H3,15,16,17,20)/t8?,9?,12-,14-/m1/s1. The molecule has 2 fully saturated rings. The van der Waals surface area contributed by atoms with Gasteiger partial charge < -0.3 is 29.6 Å². The number of aromatic nitrogens is 3. The second-order valence-electron chi connectivity index (χ2n) is 5.95. The Morgan fingerprint density at radius 3 is 3.26 bits per heavy atom. The maximum Gasteiger partial charge on any atom is 0.261 e. The van der Waals surface area contributed by atoms with E-state index >= 15 is 0 Å². The zero-order valence-corrected chi connectivity index (χ0v) is 12.6. The highest BCUT2D eigenvalue weighted by atomic mass is 16.6. The van der Waals surface area contributed by atoms with Gasteiger partial charge in [-0.25, -0.2) is 0 Å². The summed E-state index contributed by atoms with van der Waals surface area (Å²) in [5.41, 5.74) is 4.90. The summed E-state index contributed by atoms with van der Waals surface area (Å²) in [7, 11) is 1.56. The summed E-state index contributed by atoms with van der Waals surface area (Å²) in [6.07, 6.45) is 0.238. The zero-order chi connectivity index (χ0) is 16.2. The molecule has 2 aromatic rings. The molecule has 0 saturated carbocycles. The fourth-order valence-corrected chi connectivity index (χ4v) is 3.50. The molecule has 2 unspecified atom stereocenters. The lowest BCUT2D eigenvalue weighted by molar-refractivity contribution is -0.149. The topological polar surface area (TPSA) is 125 Å². The van der Waals surface area contributed by atoms with Crippen LogP contribution < -0.4 is 11.3 Å². The molecular weight excluding hydrogens is 304 g/mol. The van der Waals surface area contributed by atoms with Crippen LogP contribution in [0.5, 0.6) is 0 Å². The average Bonchev–Trinajstić information content (AvgIpc) is 2.95. The van der Waals surface area contributed by atoms with Gasteiger partial charge in [-0.1, -0.05) is 0 Å². The number of nitrogens with zero attached hydrogens (tertiary/aromatic N) is 2. The average molecular weight is 322 g/mol. The number of aliphatic hydroxyl groups excluding tert-OH is 1. The SMILES string of the molecule is COC[C@]12CCOC(C1O)[C@H](n1ccc3c(=O)[nH]c(N)nc31)O2. The largest absolute Gasteiger partial charge is 0.387 e. The number of rotatable bonds is 3. The molecule has 0 aliphatic carbocycles. The summed E-state index contributed by atoms with van der Waals surface area (Å²) in [5, 5.41) is 11.0. The second-order valence-corrected chi connectivity index (χ2v) is 5.95. The van der Waals surface area contributed by atoms with Gasteiger partial charge in [0.25, 0.3) is 5.56 Å². The van der Waals surface area contributed by atoms with Crippen LogP contribution in [0.15, 0.2) is 17.1 Å². The first-order valence-electron chi connectivity index (χ1n) is 7.38. The van der Waals surface area contributed by atoms with E-state index in [2.05, 4.69) is 9.97 Å². The van der Waals surface area contributed by atoms with Crippen molar-refractivity contribution in [2.45, 2.75) is 30.5 Å². The number of hydrogen-bond donors (Lipinski definition) is 3. The Hall–Kier alpha value is -1.94. The summed E-state index contributed by atoms with van der Waals surface area (Å²) in [6, 6.07) is 1.64. The minimum absolute atomic E-state index is 0.0245. The molecule has 4 atom stereocenters. The third-order valence-electron chi connectivity index (χ3n) is 4.58. The maximum atomic E-state index is 12.0. The van der Waals surface area contributed by atoms with Gasteiger partial charge in [0, 0.05) is 19.7 Å². The minimum Gasteiger partial charge on any atom is -0.387 e. The molecule has 2 bridgehead atoms. The van der Waals surface area contributed by atoms with Crippen LogP contribution in [0.4, 0.5) is 5.95 Å². The van der Waals surface area contributed by atoms with Crippen LogP contribution in [-0.2, 0) is 14.2 Å². The second kappa shape index (κ2) is 5.03. The molecule has 4 heterocycles. The van der Waals surface area contributed by atoms with Crippen molar-refractivity contribution in [3.63, 3.8) is 0 Å². The van der Waals surface area contributed by atoms with Crippen LogP contribution in [0.2, 0.25) is 0 Å². The number of nitrogens with one attached hydrogen (secondary N) is 1. The van der Waals surface area contributed by atoms with Crippen molar-refractivity contribution in [2.24, 2.45) is 0 Å². The van der Waals surface area contributed by atoms with Gasteiger partial charge in [-0.3, -0.25) is 9.78 Å². The molecule has 2 aliphatic heterocycles. The quantitative estimate of drug-likeness (QED) is 0.687. The van der Waals surface area contributed by atoms with E-state index in [1.54, 1.807) is 23.9 Å². The zero-order valence-electron chi connectivity index (χ0n) is 12.6. The molecule has 124 valence electrons. The molecule has 2 saturated heterocycles. The van der Waals surface area contributed by atoms with Crippen molar-refractivity contribution in [1.82, 2.24) is 14.5 Å². The molecule has 0 radical (unpaired) electrons.